The van der Waals surface area contributed by atoms with E-state index in [-0.39, 0.29) is 5.97 Å². The molecule has 1 unspecified atom stereocenters. The van der Waals surface area contributed by atoms with Gasteiger partial charge in [-0.15, -0.1) is 0 Å². The van der Waals surface area contributed by atoms with Gasteiger partial charge in [0.1, 0.15) is 0 Å². The van der Waals surface area contributed by atoms with E-state index in [9.17, 15) is 4.79 Å². The van der Waals surface area contributed by atoms with Crippen molar-refractivity contribution in [3.8, 4) is 0 Å². The summed E-state index contributed by atoms with van der Waals surface area (Å²) in [5.41, 5.74) is 21.1. The SMILES string of the molecule is COC(=O)c1ccc(C(N)c2cc(N)ccc2N)cc1. The van der Waals surface area contributed by atoms with Gasteiger partial charge < -0.3 is 21.9 Å². The average molecular weight is 271 g/mol. The van der Waals surface area contributed by atoms with Crippen molar-refractivity contribution in [3.63, 3.8) is 0 Å². The van der Waals surface area contributed by atoms with Crippen molar-refractivity contribution in [2.75, 3.05) is 18.6 Å². The third kappa shape index (κ3) is 2.73. The number of nitrogen functional groups attached to an aromatic ring is 2. The van der Waals surface area contributed by atoms with Gasteiger partial charge in [0.25, 0.3) is 0 Å². The van der Waals surface area contributed by atoms with E-state index >= 15 is 0 Å². The molecule has 2 aromatic rings. The Kier molecular flexibility index (Phi) is 3.91. The van der Waals surface area contributed by atoms with Crippen LogP contribution in [0, 0.1) is 0 Å². The maximum atomic E-state index is 11.4. The van der Waals surface area contributed by atoms with E-state index in [0.717, 1.165) is 11.1 Å². The number of rotatable bonds is 3. The second kappa shape index (κ2) is 5.63. The van der Waals surface area contributed by atoms with Gasteiger partial charge in [0.15, 0.2) is 0 Å². The van der Waals surface area contributed by atoms with Gasteiger partial charge in [-0.1, -0.05) is 12.1 Å². The molecule has 6 N–H and O–H groups in total. The number of nitrogens with two attached hydrogens (primary N) is 3. The van der Waals surface area contributed by atoms with Crippen LogP contribution < -0.4 is 17.2 Å². The Labute approximate surface area is 117 Å². The highest BCUT2D eigenvalue weighted by Crippen LogP contribution is 2.26. The summed E-state index contributed by atoms with van der Waals surface area (Å²) in [6.45, 7) is 0. The largest absolute Gasteiger partial charge is 0.465 e. The molecule has 1 atom stereocenters. The summed E-state index contributed by atoms with van der Waals surface area (Å²) in [4.78, 5) is 11.4. The first-order valence-electron chi connectivity index (χ1n) is 6.11. The van der Waals surface area contributed by atoms with Gasteiger partial charge in [0.05, 0.1) is 18.7 Å². The van der Waals surface area contributed by atoms with Crippen LogP contribution >= 0.6 is 0 Å². The summed E-state index contributed by atoms with van der Waals surface area (Å²) in [5, 5.41) is 0. The molecule has 0 heterocycles. The van der Waals surface area contributed by atoms with E-state index in [2.05, 4.69) is 4.74 Å². The Hall–Kier alpha value is -2.53. The number of hydrogen-bond donors (Lipinski definition) is 3. The van der Waals surface area contributed by atoms with Crippen molar-refractivity contribution in [2.24, 2.45) is 5.73 Å². The molecule has 2 rings (SSSR count). The normalized spacial score (nSPS) is 11.9. The monoisotopic (exact) mass is 271 g/mol. The molecule has 0 saturated carbocycles. The van der Waals surface area contributed by atoms with Gasteiger partial charge in [-0.3, -0.25) is 0 Å². The predicted molar refractivity (Wildman–Crippen MR) is 79.1 cm³/mol. The Balaban J connectivity index is 2.31. The third-order valence-electron chi connectivity index (χ3n) is 3.14. The van der Waals surface area contributed by atoms with E-state index in [1.165, 1.54) is 7.11 Å². The molecule has 0 bridgehead atoms. The van der Waals surface area contributed by atoms with E-state index in [0.29, 0.717) is 16.9 Å². The van der Waals surface area contributed by atoms with E-state index in [1.807, 2.05) is 0 Å². The molecule has 2 aromatic carbocycles. The van der Waals surface area contributed by atoms with Crippen LogP contribution in [0.2, 0.25) is 0 Å². The molecule has 0 fully saturated rings. The Morgan fingerprint density at radius 1 is 1.10 bits per heavy atom. The number of benzene rings is 2. The summed E-state index contributed by atoms with van der Waals surface area (Å²) in [5.74, 6) is -0.381. The lowest BCUT2D eigenvalue weighted by atomic mass is 9.97. The topological polar surface area (TPSA) is 104 Å². The highest BCUT2D eigenvalue weighted by Gasteiger charge is 2.13. The van der Waals surface area contributed by atoms with Crippen molar-refractivity contribution in [3.05, 3.63) is 59.2 Å². The van der Waals surface area contributed by atoms with E-state index in [4.69, 9.17) is 17.2 Å². The van der Waals surface area contributed by atoms with Crippen molar-refractivity contribution in [1.29, 1.82) is 0 Å². The maximum Gasteiger partial charge on any atom is 0.337 e. The molecule has 0 aromatic heterocycles. The summed E-state index contributed by atoms with van der Waals surface area (Å²) in [7, 11) is 1.34. The molecule has 0 aliphatic heterocycles. The van der Waals surface area contributed by atoms with Crippen LogP contribution in [0.3, 0.4) is 0 Å². The van der Waals surface area contributed by atoms with Crippen LogP contribution in [0.15, 0.2) is 42.5 Å². The van der Waals surface area contributed by atoms with Crippen LogP contribution in [-0.2, 0) is 4.74 Å². The lowest BCUT2D eigenvalue weighted by Crippen LogP contribution is -2.14. The molecule has 5 heteroatoms. The molecular formula is C15H17N3O2. The number of esters is 1. The van der Waals surface area contributed by atoms with Crippen molar-refractivity contribution >= 4 is 17.3 Å². The van der Waals surface area contributed by atoms with Crippen molar-refractivity contribution in [1.82, 2.24) is 0 Å². The van der Waals surface area contributed by atoms with Crippen LogP contribution in [-0.4, -0.2) is 13.1 Å². The standard InChI is InChI=1S/C15H17N3O2/c1-20-15(19)10-4-2-9(3-5-10)14(18)12-8-11(16)6-7-13(12)17/h2-8,14H,16-18H2,1H3. The molecule has 104 valence electrons. The first-order chi connectivity index (χ1) is 9.52. The van der Waals surface area contributed by atoms with Gasteiger partial charge in [0, 0.05) is 11.4 Å². The number of anilines is 2. The molecule has 20 heavy (non-hydrogen) atoms. The molecule has 0 aliphatic carbocycles. The first-order valence-corrected chi connectivity index (χ1v) is 6.11. The van der Waals surface area contributed by atoms with Gasteiger partial charge in [0.2, 0.25) is 0 Å². The van der Waals surface area contributed by atoms with Crippen molar-refractivity contribution in [2.45, 2.75) is 6.04 Å². The molecule has 0 saturated heterocycles. The number of carbonyl (C=O) groups excluding carboxylic acids is 1. The smallest absolute Gasteiger partial charge is 0.337 e. The zero-order valence-corrected chi connectivity index (χ0v) is 11.2. The van der Waals surface area contributed by atoms with E-state index < -0.39 is 6.04 Å². The second-order valence-electron chi connectivity index (χ2n) is 4.48. The van der Waals surface area contributed by atoms with Crippen LogP contribution in [0.25, 0.3) is 0 Å². The minimum atomic E-state index is -0.398. The zero-order valence-electron chi connectivity index (χ0n) is 11.2. The fraction of sp³-hybridized carbons (Fsp3) is 0.133. The number of hydrogen-bond acceptors (Lipinski definition) is 5. The molecule has 5 nitrogen and oxygen atoms in total. The van der Waals surface area contributed by atoms with E-state index in [1.54, 1.807) is 42.5 Å². The number of ether oxygens (including phenoxy) is 1. The lowest BCUT2D eigenvalue weighted by Gasteiger charge is -2.16. The van der Waals surface area contributed by atoms with Crippen LogP contribution in [0.1, 0.15) is 27.5 Å². The molecule has 0 aliphatic rings. The van der Waals surface area contributed by atoms with Crippen LogP contribution in [0.5, 0.6) is 0 Å². The lowest BCUT2D eigenvalue weighted by molar-refractivity contribution is 0.0600. The van der Waals surface area contributed by atoms with Gasteiger partial charge in [-0.25, -0.2) is 4.79 Å². The zero-order chi connectivity index (χ0) is 14.7. The quantitative estimate of drug-likeness (QED) is 0.582. The highest BCUT2D eigenvalue weighted by molar-refractivity contribution is 5.89. The van der Waals surface area contributed by atoms with Gasteiger partial charge in [-0.05, 0) is 41.5 Å². The second-order valence-corrected chi connectivity index (χ2v) is 4.48. The third-order valence-corrected chi connectivity index (χ3v) is 3.14. The molecule has 0 radical (unpaired) electrons. The highest BCUT2D eigenvalue weighted by atomic mass is 16.5. The Morgan fingerprint density at radius 3 is 2.35 bits per heavy atom. The fourth-order valence-corrected chi connectivity index (χ4v) is 1.99. The predicted octanol–water partition coefficient (Wildman–Crippen LogP) is 1.69. The van der Waals surface area contributed by atoms with Gasteiger partial charge >= 0.3 is 5.97 Å². The number of methoxy groups -OCH3 is 1. The molecular weight excluding hydrogens is 254 g/mol. The minimum absolute atomic E-state index is 0.381. The molecule has 0 amide bonds. The summed E-state index contributed by atoms with van der Waals surface area (Å²) in [6, 6.07) is 11.7. The maximum absolute atomic E-state index is 11.4. The van der Waals surface area contributed by atoms with Gasteiger partial charge in [-0.2, -0.15) is 0 Å². The molecule has 0 spiro atoms. The average Bonchev–Trinajstić information content (AvgIpc) is 2.48. The Bertz CT molecular complexity index is 624. The summed E-state index contributed by atoms with van der Waals surface area (Å²) >= 11 is 0. The fourth-order valence-electron chi connectivity index (χ4n) is 1.99. The summed E-state index contributed by atoms with van der Waals surface area (Å²) in [6.07, 6.45) is 0. The summed E-state index contributed by atoms with van der Waals surface area (Å²) < 4.78 is 4.65. The van der Waals surface area contributed by atoms with Crippen LogP contribution in [0.4, 0.5) is 11.4 Å². The Morgan fingerprint density at radius 2 is 1.75 bits per heavy atom. The first kappa shape index (κ1) is 13.9. The minimum Gasteiger partial charge on any atom is -0.465 e. The van der Waals surface area contributed by atoms with Crippen molar-refractivity contribution < 1.29 is 9.53 Å². The number of carbonyl (C=O) groups is 1.